The second kappa shape index (κ2) is 11.3. The Labute approximate surface area is 239 Å². The van der Waals surface area contributed by atoms with E-state index in [0.717, 1.165) is 14.1 Å². The fourth-order valence-electron chi connectivity index (χ4n) is 3.76. The first-order chi connectivity index (χ1) is 19.2. The molecule has 0 saturated heterocycles. The standard InChI is InChI=1S/C26H18Cl2N6O5S/c27-20-9-16(10-23(36)33(20)13-19(35)25-30-7-8-39-25)18-11-22(31-12-17-5-6-21(28)40-17)34(32-18)26(38)15-3-1-14(2-4-15)24(29)37/h1-11,31H,12-13H2,(H2,29,37). The minimum Gasteiger partial charge on any atom is -0.442 e. The average molecular weight is 597 g/mol. The highest BCUT2D eigenvalue weighted by Gasteiger charge is 2.20. The molecule has 4 aromatic heterocycles. The van der Waals surface area contributed by atoms with Crippen molar-refractivity contribution in [1.29, 1.82) is 0 Å². The molecule has 0 aliphatic heterocycles. The molecule has 3 N–H and O–H groups in total. The lowest BCUT2D eigenvalue weighted by atomic mass is 10.1. The van der Waals surface area contributed by atoms with E-state index >= 15 is 0 Å². The van der Waals surface area contributed by atoms with Crippen molar-refractivity contribution in [2.24, 2.45) is 5.73 Å². The second-order valence-electron chi connectivity index (χ2n) is 8.38. The van der Waals surface area contributed by atoms with Crippen molar-refractivity contribution in [3.63, 3.8) is 0 Å². The quantitative estimate of drug-likeness (QED) is 0.188. The number of primary amides is 1. The first-order valence-electron chi connectivity index (χ1n) is 11.6. The van der Waals surface area contributed by atoms with E-state index in [1.54, 1.807) is 12.1 Å². The minimum atomic E-state index is -0.619. The number of rotatable bonds is 9. The summed E-state index contributed by atoms with van der Waals surface area (Å²) in [5.41, 5.74) is 5.85. The molecule has 0 saturated carbocycles. The summed E-state index contributed by atoms with van der Waals surface area (Å²) in [6.45, 7) is -0.0233. The number of carbonyl (C=O) groups is 3. The van der Waals surface area contributed by atoms with E-state index < -0.39 is 23.2 Å². The van der Waals surface area contributed by atoms with E-state index in [1.807, 2.05) is 6.07 Å². The number of halogens is 2. The number of carbonyl (C=O) groups excluding carboxylic acids is 3. The number of pyridine rings is 1. The first-order valence-corrected chi connectivity index (χ1v) is 13.1. The van der Waals surface area contributed by atoms with Gasteiger partial charge >= 0.3 is 0 Å². The highest BCUT2D eigenvalue weighted by Crippen LogP contribution is 2.27. The molecule has 5 rings (SSSR count). The van der Waals surface area contributed by atoms with Gasteiger partial charge in [0.15, 0.2) is 0 Å². The third-order valence-electron chi connectivity index (χ3n) is 5.74. The Bertz CT molecular complexity index is 1790. The zero-order valence-electron chi connectivity index (χ0n) is 20.3. The highest BCUT2D eigenvalue weighted by atomic mass is 35.5. The number of nitrogens with zero attached hydrogens (tertiary/aromatic N) is 4. The first kappa shape index (κ1) is 27.1. The molecule has 0 atom stereocenters. The third-order valence-corrected chi connectivity index (χ3v) is 7.28. The molecule has 14 heteroatoms. The predicted molar refractivity (Wildman–Crippen MR) is 149 cm³/mol. The Hall–Kier alpha value is -4.52. The molecule has 0 aliphatic rings. The lowest BCUT2D eigenvalue weighted by Gasteiger charge is -2.08. The number of hydrogen-bond donors (Lipinski definition) is 2. The van der Waals surface area contributed by atoms with E-state index in [9.17, 15) is 19.2 Å². The summed E-state index contributed by atoms with van der Waals surface area (Å²) in [5, 5.41) is 7.59. The number of ketones is 1. The zero-order valence-corrected chi connectivity index (χ0v) is 22.7. The summed E-state index contributed by atoms with van der Waals surface area (Å²) in [4.78, 5) is 54.8. The molecule has 0 radical (unpaired) electrons. The lowest BCUT2D eigenvalue weighted by Crippen LogP contribution is -2.24. The van der Waals surface area contributed by atoms with Crippen LogP contribution in [0.4, 0.5) is 5.82 Å². The van der Waals surface area contributed by atoms with Gasteiger partial charge in [-0.1, -0.05) is 23.2 Å². The van der Waals surface area contributed by atoms with E-state index in [-0.39, 0.29) is 34.4 Å². The number of thiophene rings is 1. The molecule has 1 amide bonds. The normalized spacial score (nSPS) is 10.9. The number of aromatic nitrogens is 4. The fourth-order valence-corrected chi connectivity index (χ4v) is 5.05. The van der Waals surface area contributed by atoms with Crippen molar-refractivity contribution in [3.05, 3.63) is 109 Å². The van der Waals surface area contributed by atoms with Gasteiger partial charge < -0.3 is 15.5 Å². The van der Waals surface area contributed by atoms with Crippen LogP contribution in [0.1, 0.15) is 36.3 Å². The molecule has 202 valence electrons. The van der Waals surface area contributed by atoms with Crippen molar-refractivity contribution in [2.45, 2.75) is 13.1 Å². The van der Waals surface area contributed by atoms with Crippen molar-refractivity contribution < 1.29 is 18.8 Å². The average Bonchev–Trinajstić information content (AvgIpc) is 3.70. The van der Waals surface area contributed by atoms with Crippen LogP contribution in [0, 0.1) is 0 Å². The molecule has 1 aromatic carbocycles. The van der Waals surface area contributed by atoms with Crippen molar-refractivity contribution in [3.8, 4) is 11.3 Å². The van der Waals surface area contributed by atoms with Gasteiger partial charge in [-0.05, 0) is 42.5 Å². The smallest absolute Gasteiger partial charge is 0.280 e. The largest absolute Gasteiger partial charge is 0.442 e. The molecule has 5 aromatic rings. The Kier molecular flexibility index (Phi) is 7.65. The molecular formula is C26H18Cl2N6O5S. The number of nitrogens with two attached hydrogens (primary N) is 1. The maximum atomic E-state index is 13.4. The predicted octanol–water partition coefficient (Wildman–Crippen LogP) is 4.35. The molecule has 4 heterocycles. The van der Waals surface area contributed by atoms with E-state index in [4.69, 9.17) is 33.4 Å². The van der Waals surface area contributed by atoms with Gasteiger partial charge in [0.1, 0.15) is 17.2 Å². The minimum absolute atomic E-state index is 0.0203. The van der Waals surface area contributed by atoms with Crippen LogP contribution in [0.5, 0.6) is 0 Å². The lowest BCUT2D eigenvalue weighted by molar-refractivity contribution is 0.0933. The molecular weight excluding hydrogens is 579 g/mol. The molecule has 0 unspecified atom stereocenters. The van der Waals surface area contributed by atoms with Crippen LogP contribution in [0.15, 0.2) is 76.3 Å². The van der Waals surface area contributed by atoms with Gasteiger partial charge in [0, 0.05) is 33.7 Å². The van der Waals surface area contributed by atoms with Crippen molar-refractivity contribution >= 4 is 58.0 Å². The molecule has 0 bridgehead atoms. The Morgan fingerprint density at radius 3 is 2.40 bits per heavy atom. The van der Waals surface area contributed by atoms with Gasteiger partial charge in [-0.25, -0.2) is 4.98 Å². The summed E-state index contributed by atoms with van der Waals surface area (Å²) < 4.78 is 7.83. The summed E-state index contributed by atoms with van der Waals surface area (Å²) in [6.07, 6.45) is 2.58. The summed E-state index contributed by atoms with van der Waals surface area (Å²) in [5.74, 6) is -1.45. The van der Waals surface area contributed by atoms with Crippen molar-refractivity contribution in [2.75, 3.05) is 5.32 Å². The van der Waals surface area contributed by atoms with Crippen molar-refractivity contribution in [1.82, 2.24) is 19.3 Å². The summed E-state index contributed by atoms with van der Waals surface area (Å²) in [6, 6.07) is 13.8. The Balaban J connectivity index is 1.48. The van der Waals surface area contributed by atoms with Gasteiger partial charge in [0.2, 0.25) is 11.7 Å². The van der Waals surface area contributed by atoms with Crippen LogP contribution in [0.2, 0.25) is 9.49 Å². The number of benzene rings is 1. The zero-order chi connectivity index (χ0) is 28.4. The van der Waals surface area contributed by atoms with Crippen LogP contribution in [-0.4, -0.2) is 36.9 Å². The van der Waals surface area contributed by atoms with Gasteiger partial charge in [-0.15, -0.1) is 11.3 Å². The summed E-state index contributed by atoms with van der Waals surface area (Å²) >= 11 is 13.8. The van der Waals surface area contributed by atoms with Crippen LogP contribution >= 0.6 is 34.5 Å². The van der Waals surface area contributed by atoms with Crippen LogP contribution in [0.3, 0.4) is 0 Å². The van der Waals surface area contributed by atoms with E-state index in [0.29, 0.717) is 22.3 Å². The van der Waals surface area contributed by atoms with Gasteiger partial charge in [0.25, 0.3) is 17.4 Å². The van der Waals surface area contributed by atoms with E-state index in [2.05, 4.69) is 15.4 Å². The number of hydrogen-bond acceptors (Lipinski definition) is 9. The second-order valence-corrected chi connectivity index (χ2v) is 10.6. The molecule has 11 nitrogen and oxygen atoms in total. The molecule has 0 spiro atoms. The van der Waals surface area contributed by atoms with E-state index in [1.165, 1.54) is 60.2 Å². The van der Waals surface area contributed by atoms with Gasteiger partial charge in [0.05, 0.1) is 29.3 Å². The van der Waals surface area contributed by atoms with Crippen LogP contribution in [-0.2, 0) is 13.1 Å². The fraction of sp³-hybridized carbons (Fsp3) is 0.0769. The topological polar surface area (TPSA) is 155 Å². The molecule has 40 heavy (non-hydrogen) atoms. The van der Waals surface area contributed by atoms with Gasteiger partial charge in [-0.2, -0.15) is 9.78 Å². The number of nitrogens with one attached hydrogen (secondary N) is 1. The third kappa shape index (κ3) is 5.73. The Morgan fingerprint density at radius 2 is 1.77 bits per heavy atom. The maximum Gasteiger partial charge on any atom is 0.280 e. The number of oxazole rings is 1. The van der Waals surface area contributed by atoms with Gasteiger partial charge in [-0.3, -0.25) is 23.7 Å². The van der Waals surface area contributed by atoms with Crippen LogP contribution in [0.25, 0.3) is 11.3 Å². The maximum absolute atomic E-state index is 13.4. The monoisotopic (exact) mass is 596 g/mol. The summed E-state index contributed by atoms with van der Waals surface area (Å²) in [7, 11) is 0. The number of Topliss-reactive ketones (excluding diaryl/α,β-unsaturated/α-hetero) is 1. The Morgan fingerprint density at radius 1 is 1.02 bits per heavy atom. The molecule has 0 aliphatic carbocycles. The van der Waals surface area contributed by atoms with Crippen LogP contribution < -0.4 is 16.6 Å². The molecule has 0 fully saturated rings. The number of anilines is 1. The highest BCUT2D eigenvalue weighted by molar-refractivity contribution is 7.16. The SMILES string of the molecule is NC(=O)c1ccc(C(=O)n2nc(-c3cc(Cl)n(CC(=O)c4ncco4)c(=O)c3)cc2NCc2ccc(Cl)s2)cc1. The number of amides is 1.